The molecule has 0 radical (unpaired) electrons. The number of carbonyl (C=O) groups is 1. The topological polar surface area (TPSA) is 51.2 Å². The van der Waals surface area contributed by atoms with Gasteiger partial charge >= 0.3 is 0 Å². The Balaban J connectivity index is 1.81. The highest BCUT2D eigenvalue weighted by molar-refractivity contribution is 5.94. The molecule has 3 rings (SSSR count). The zero-order valence-electron chi connectivity index (χ0n) is 12.0. The standard InChI is InChI=1S/C17H18N2O2/c1-21-14-7-8-15-12(10-14)4-2-6-16(15)19-17(20)13-5-3-9-18-11-13/h3,5,7-11,16H,2,4,6H2,1H3,(H,19,20)/t16-/m0/s1. The third-order valence-corrected chi connectivity index (χ3v) is 3.89. The summed E-state index contributed by atoms with van der Waals surface area (Å²) in [6.45, 7) is 0. The lowest BCUT2D eigenvalue weighted by molar-refractivity contribution is 0.0932. The van der Waals surface area contributed by atoms with Gasteiger partial charge in [0.25, 0.3) is 5.91 Å². The predicted octanol–water partition coefficient (Wildman–Crippen LogP) is 2.90. The number of benzene rings is 1. The fourth-order valence-corrected chi connectivity index (χ4v) is 2.81. The summed E-state index contributed by atoms with van der Waals surface area (Å²) in [5.74, 6) is 0.796. The first kappa shape index (κ1) is 13.6. The van der Waals surface area contributed by atoms with E-state index in [1.807, 2.05) is 6.07 Å². The van der Waals surface area contributed by atoms with Crippen molar-refractivity contribution >= 4 is 5.91 Å². The van der Waals surface area contributed by atoms with Crippen molar-refractivity contribution in [3.8, 4) is 5.75 Å². The minimum Gasteiger partial charge on any atom is -0.497 e. The summed E-state index contributed by atoms with van der Waals surface area (Å²) in [6.07, 6.45) is 6.32. The molecule has 1 aliphatic carbocycles. The van der Waals surface area contributed by atoms with Crippen molar-refractivity contribution in [3.05, 3.63) is 59.4 Å². The lowest BCUT2D eigenvalue weighted by atomic mass is 9.87. The summed E-state index contributed by atoms with van der Waals surface area (Å²) in [7, 11) is 1.67. The van der Waals surface area contributed by atoms with Gasteiger partial charge in [0, 0.05) is 12.4 Å². The Kier molecular flexibility index (Phi) is 3.86. The van der Waals surface area contributed by atoms with E-state index in [4.69, 9.17) is 4.74 Å². The fourth-order valence-electron chi connectivity index (χ4n) is 2.81. The molecule has 1 aliphatic rings. The molecule has 1 amide bonds. The molecule has 2 aromatic rings. The normalized spacial score (nSPS) is 16.9. The number of hydrogen-bond donors (Lipinski definition) is 1. The number of carbonyl (C=O) groups excluding carboxylic acids is 1. The highest BCUT2D eigenvalue weighted by Crippen LogP contribution is 2.32. The Morgan fingerprint density at radius 3 is 3.05 bits per heavy atom. The predicted molar refractivity (Wildman–Crippen MR) is 80.4 cm³/mol. The van der Waals surface area contributed by atoms with E-state index in [0.717, 1.165) is 25.0 Å². The van der Waals surface area contributed by atoms with Crippen LogP contribution < -0.4 is 10.1 Å². The van der Waals surface area contributed by atoms with Crippen LogP contribution in [0.15, 0.2) is 42.7 Å². The van der Waals surface area contributed by atoms with Crippen molar-refractivity contribution in [2.75, 3.05) is 7.11 Å². The Morgan fingerprint density at radius 2 is 2.29 bits per heavy atom. The number of pyridine rings is 1. The summed E-state index contributed by atoms with van der Waals surface area (Å²) in [6, 6.07) is 9.69. The Bertz CT molecular complexity index is 640. The molecule has 4 heteroatoms. The van der Waals surface area contributed by atoms with Gasteiger partial charge in [0.1, 0.15) is 5.75 Å². The molecule has 0 aliphatic heterocycles. The molecule has 0 fully saturated rings. The van der Waals surface area contributed by atoms with Crippen molar-refractivity contribution < 1.29 is 9.53 Å². The maximum absolute atomic E-state index is 12.3. The molecule has 1 aromatic heterocycles. The molecule has 0 unspecified atom stereocenters. The van der Waals surface area contributed by atoms with E-state index in [-0.39, 0.29) is 11.9 Å². The van der Waals surface area contributed by atoms with Crippen LogP contribution in [0.4, 0.5) is 0 Å². The molecule has 0 bridgehead atoms. The van der Waals surface area contributed by atoms with Gasteiger partial charge in [0.05, 0.1) is 18.7 Å². The zero-order valence-corrected chi connectivity index (χ0v) is 12.0. The number of hydrogen-bond acceptors (Lipinski definition) is 3. The second-order valence-electron chi connectivity index (χ2n) is 5.22. The summed E-state index contributed by atoms with van der Waals surface area (Å²) < 4.78 is 5.27. The van der Waals surface area contributed by atoms with Crippen molar-refractivity contribution in [3.63, 3.8) is 0 Å². The van der Waals surface area contributed by atoms with Crippen LogP contribution in [0.2, 0.25) is 0 Å². The number of amides is 1. The smallest absolute Gasteiger partial charge is 0.253 e. The van der Waals surface area contributed by atoms with Crippen molar-refractivity contribution in [2.45, 2.75) is 25.3 Å². The number of methoxy groups -OCH3 is 1. The zero-order chi connectivity index (χ0) is 14.7. The summed E-state index contributed by atoms with van der Waals surface area (Å²) in [5.41, 5.74) is 3.05. The van der Waals surface area contributed by atoms with Crippen molar-refractivity contribution in [1.82, 2.24) is 10.3 Å². The van der Waals surface area contributed by atoms with Crippen LogP contribution in [0.5, 0.6) is 5.75 Å². The number of rotatable bonds is 3. The molecule has 21 heavy (non-hydrogen) atoms. The molecule has 0 saturated heterocycles. The van der Waals surface area contributed by atoms with Crippen molar-refractivity contribution in [1.29, 1.82) is 0 Å². The molecule has 1 N–H and O–H groups in total. The number of nitrogens with zero attached hydrogens (tertiary/aromatic N) is 1. The van der Waals surface area contributed by atoms with Crippen LogP contribution in [0, 0.1) is 0 Å². The Labute approximate surface area is 124 Å². The van der Waals surface area contributed by atoms with Gasteiger partial charge in [-0.15, -0.1) is 0 Å². The van der Waals surface area contributed by atoms with E-state index in [9.17, 15) is 4.79 Å². The second-order valence-corrected chi connectivity index (χ2v) is 5.22. The lowest BCUT2D eigenvalue weighted by Gasteiger charge is -2.26. The van der Waals surface area contributed by atoms with E-state index >= 15 is 0 Å². The van der Waals surface area contributed by atoms with Crippen LogP contribution >= 0.6 is 0 Å². The van der Waals surface area contributed by atoms with E-state index in [1.54, 1.807) is 31.6 Å². The summed E-state index contributed by atoms with van der Waals surface area (Å²) in [4.78, 5) is 16.3. The number of nitrogens with one attached hydrogen (secondary N) is 1. The largest absolute Gasteiger partial charge is 0.497 e. The number of aryl methyl sites for hydroxylation is 1. The van der Waals surface area contributed by atoms with Crippen LogP contribution in [0.1, 0.15) is 40.4 Å². The van der Waals surface area contributed by atoms with Crippen LogP contribution in [0.3, 0.4) is 0 Å². The molecule has 0 saturated carbocycles. The third kappa shape index (κ3) is 2.89. The minimum atomic E-state index is -0.0724. The van der Waals surface area contributed by atoms with Gasteiger partial charge in [-0.1, -0.05) is 6.07 Å². The molecular weight excluding hydrogens is 264 g/mol. The average molecular weight is 282 g/mol. The monoisotopic (exact) mass is 282 g/mol. The van der Waals surface area contributed by atoms with Crippen LogP contribution in [0.25, 0.3) is 0 Å². The van der Waals surface area contributed by atoms with E-state index in [0.29, 0.717) is 5.56 Å². The molecular formula is C17H18N2O2. The molecule has 1 heterocycles. The Morgan fingerprint density at radius 1 is 1.38 bits per heavy atom. The van der Waals surface area contributed by atoms with E-state index in [2.05, 4.69) is 22.4 Å². The maximum atomic E-state index is 12.3. The van der Waals surface area contributed by atoms with Gasteiger partial charge in [-0.3, -0.25) is 9.78 Å². The molecule has 1 aromatic carbocycles. The van der Waals surface area contributed by atoms with Crippen LogP contribution in [-0.2, 0) is 6.42 Å². The van der Waals surface area contributed by atoms with Gasteiger partial charge in [-0.2, -0.15) is 0 Å². The van der Waals surface area contributed by atoms with Gasteiger partial charge in [0.2, 0.25) is 0 Å². The van der Waals surface area contributed by atoms with E-state index in [1.165, 1.54) is 11.1 Å². The van der Waals surface area contributed by atoms with Gasteiger partial charge < -0.3 is 10.1 Å². The highest BCUT2D eigenvalue weighted by atomic mass is 16.5. The third-order valence-electron chi connectivity index (χ3n) is 3.89. The number of aromatic nitrogens is 1. The quantitative estimate of drug-likeness (QED) is 0.941. The average Bonchev–Trinajstić information content (AvgIpc) is 2.55. The highest BCUT2D eigenvalue weighted by Gasteiger charge is 2.22. The number of fused-ring (bicyclic) bond motifs is 1. The van der Waals surface area contributed by atoms with Crippen LogP contribution in [-0.4, -0.2) is 18.0 Å². The van der Waals surface area contributed by atoms with Gasteiger partial charge in [-0.05, 0) is 54.7 Å². The van der Waals surface area contributed by atoms with Crippen molar-refractivity contribution in [2.24, 2.45) is 0 Å². The molecule has 0 spiro atoms. The Hall–Kier alpha value is -2.36. The fraction of sp³-hybridized carbons (Fsp3) is 0.294. The summed E-state index contributed by atoms with van der Waals surface area (Å²) >= 11 is 0. The first-order valence-electron chi connectivity index (χ1n) is 7.15. The SMILES string of the molecule is COc1ccc2c(c1)CCC[C@@H]2NC(=O)c1cccnc1. The molecule has 1 atom stereocenters. The minimum absolute atomic E-state index is 0.0624. The number of ether oxygens (including phenoxy) is 1. The second kappa shape index (κ2) is 5.95. The lowest BCUT2D eigenvalue weighted by Crippen LogP contribution is -2.31. The van der Waals surface area contributed by atoms with E-state index < -0.39 is 0 Å². The first-order valence-corrected chi connectivity index (χ1v) is 7.15. The first-order chi connectivity index (χ1) is 10.3. The molecule has 108 valence electrons. The van der Waals surface area contributed by atoms with Gasteiger partial charge in [-0.25, -0.2) is 0 Å². The maximum Gasteiger partial charge on any atom is 0.253 e. The molecule has 4 nitrogen and oxygen atoms in total. The van der Waals surface area contributed by atoms with Gasteiger partial charge in [0.15, 0.2) is 0 Å². The summed E-state index contributed by atoms with van der Waals surface area (Å²) in [5, 5.41) is 3.11.